The van der Waals surface area contributed by atoms with Gasteiger partial charge >= 0.3 is 6.18 Å². The van der Waals surface area contributed by atoms with Crippen molar-refractivity contribution >= 4 is 52.3 Å². The Kier molecular flexibility index (Phi) is 20.9. The van der Waals surface area contributed by atoms with Gasteiger partial charge in [-0.15, -0.1) is 0 Å². The van der Waals surface area contributed by atoms with E-state index in [-0.39, 0.29) is 60.8 Å². The number of amides is 4. The summed E-state index contributed by atoms with van der Waals surface area (Å²) in [6, 6.07) is 23.2. The Morgan fingerprint density at radius 1 is 0.831 bits per heavy atom. The van der Waals surface area contributed by atoms with Gasteiger partial charge < -0.3 is 58.2 Å². The lowest BCUT2D eigenvalue weighted by atomic mass is 10.0. The van der Waals surface area contributed by atoms with Gasteiger partial charge in [0.1, 0.15) is 42.3 Å². The number of anilines is 2. The standard InChI is InChI=1S/C60H69F3N8O11S/c1-39(2)53(69-37-44-9-6-7-10-48(44)55(69)73)56(74)68-20-8-11-50(68)54(72)65-36-43-13-12-41(52-40(3)66-38-67-52)33-51(43)82-32-30-80-28-26-78-24-22-76-21-23-77-25-27-79-29-31-81-47-18-16-45(17-19-47)71-58(83)70(57(75)59(71,4)5)46-15-14-42(35-64)49(34-46)60(61,62)63/h6-7,9-10,12-19,33-34,38-39,50,53H,8,11,20-32,36-37H2,1-5H3,(H,65,72)(H,66,67)/t50-,53?/m0/s1. The predicted molar refractivity (Wildman–Crippen MR) is 305 cm³/mol. The monoisotopic (exact) mass is 1170 g/mol. The number of likely N-dealkylation sites (tertiary alicyclic amines) is 1. The van der Waals surface area contributed by atoms with Gasteiger partial charge in [0.2, 0.25) is 11.8 Å². The van der Waals surface area contributed by atoms with Crippen LogP contribution in [0.4, 0.5) is 24.5 Å². The number of hydrogen-bond donors (Lipinski definition) is 2. The molecule has 83 heavy (non-hydrogen) atoms. The average molecular weight is 1170 g/mol. The molecule has 0 saturated carbocycles. The first-order valence-corrected chi connectivity index (χ1v) is 28.0. The number of H-pyrrole nitrogens is 1. The topological polar surface area (TPSA) is 210 Å². The highest BCUT2D eigenvalue weighted by molar-refractivity contribution is 7.81. The molecule has 2 atom stereocenters. The quantitative estimate of drug-likeness (QED) is 0.0343. The van der Waals surface area contributed by atoms with E-state index in [9.17, 15) is 37.6 Å². The number of fused-ring (bicyclic) bond motifs is 1. The number of nitrogens with one attached hydrogen (secondary N) is 2. The third-order valence-corrected chi connectivity index (χ3v) is 14.8. The number of benzene rings is 4. The maximum Gasteiger partial charge on any atom is 0.417 e. The molecular weight excluding hydrogens is 1100 g/mol. The molecule has 2 fully saturated rings. The van der Waals surface area contributed by atoms with Crippen LogP contribution in [-0.2, 0) is 57.3 Å². The molecule has 4 aromatic carbocycles. The van der Waals surface area contributed by atoms with Gasteiger partial charge in [-0.05, 0) is 112 Å². The summed E-state index contributed by atoms with van der Waals surface area (Å²) in [4.78, 5) is 68.5. The van der Waals surface area contributed by atoms with Crippen molar-refractivity contribution < 1.29 is 65.5 Å². The van der Waals surface area contributed by atoms with E-state index in [1.807, 2.05) is 57.2 Å². The molecule has 442 valence electrons. The minimum atomic E-state index is -4.80. The van der Waals surface area contributed by atoms with Crippen molar-refractivity contribution in [3.05, 3.63) is 125 Å². The van der Waals surface area contributed by atoms with E-state index in [1.165, 1.54) is 6.07 Å². The first-order chi connectivity index (χ1) is 39.9. The van der Waals surface area contributed by atoms with Crippen LogP contribution in [-0.4, -0.2) is 152 Å². The van der Waals surface area contributed by atoms with Gasteiger partial charge in [-0.3, -0.25) is 24.1 Å². The van der Waals surface area contributed by atoms with Crippen LogP contribution in [0.3, 0.4) is 0 Å². The lowest BCUT2D eigenvalue weighted by Crippen LogP contribution is -2.55. The zero-order valence-electron chi connectivity index (χ0n) is 47.1. The van der Waals surface area contributed by atoms with E-state index in [2.05, 4.69) is 15.3 Å². The number of imidazole rings is 1. The summed E-state index contributed by atoms with van der Waals surface area (Å²) in [7, 11) is 0. The first-order valence-electron chi connectivity index (χ1n) is 27.6. The Hall–Kier alpha value is -7.46. The van der Waals surface area contributed by atoms with Crippen molar-refractivity contribution in [1.82, 2.24) is 25.1 Å². The van der Waals surface area contributed by atoms with Crippen molar-refractivity contribution in [3.63, 3.8) is 0 Å². The second-order valence-electron chi connectivity index (χ2n) is 20.8. The number of ether oxygens (including phenoxy) is 7. The summed E-state index contributed by atoms with van der Waals surface area (Å²) in [5.74, 6) is -0.239. The molecule has 3 aliphatic rings. The van der Waals surface area contributed by atoms with E-state index in [4.69, 9.17) is 45.4 Å². The van der Waals surface area contributed by atoms with Gasteiger partial charge in [0.25, 0.3) is 11.8 Å². The Morgan fingerprint density at radius 2 is 1.45 bits per heavy atom. The smallest absolute Gasteiger partial charge is 0.417 e. The number of carbonyl (C=O) groups excluding carboxylic acids is 4. The number of aryl methyl sites for hydroxylation is 1. The van der Waals surface area contributed by atoms with Crippen molar-refractivity contribution in [2.24, 2.45) is 5.92 Å². The van der Waals surface area contributed by atoms with Crippen molar-refractivity contribution in [1.29, 1.82) is 5.26 Å². The Labute approximate surface area is 485 Å². The summed E-state index contributed by atoms with van der Waals surface area (Å²) in [6.07, 6.45) is -1.97. The molecule has 5 aromatic rings. The molecule has 4 heterocycles. The third kappa shape index (κ3) is 14.8. The molecule has 0 radical (unpaired) electrons. The highest BCUT2D eigenvalue weighted by atomic mass is 32.1. The van der Waals surface area contributed by atoms with Crippen LogP contribution in [0.25, 0.3) is 11.3 Å². The van der Waals surface area contributed by atoms with E-state index in [1.54, 1.807) is 71.3 Å². The fourth-order valence-corrected chi connectivity index (χ4v) is 10.8. The first kappa shape index (κ1) is 61.6. The number of halogens is 3. The van der Waals surface area contributed by atoms with Gasteiger partial charge in [0.05, 0.1) is 101 Å². The number of nitrogens with zero attached hydrogens (tertiary/aromatic N) is 6. The number of rotatable bonds is 29. The lowest BCUT2D eigenvalue weighted by Gasteiger charge is -2.35. The van der Waals surface area contributed by atoms with E-state index < -0.39 is 40.8 Å². The maximum atomic E-state index is 14.2. The Balaban J connectivity index is 0.670. The minimum Gasteiger partial charge on any atom is -0.491 e. The van der Waals surface area contributed by atoms with Gasteiger partial charge in [-0.25, -0.2) is 4.98 Å². The predicted octanol–water partition coefficient (Wildman–Crippen LogP) is 8.02. The van der Waals surface area contributed by atoms with E-state index >= 15 is 0 Å². The molecule has 0 bridgehead atoms. The summed E-state index contributed by atoms with van der Waals surface area (Å²) < 4.78 is 81.5. The van der Waals surface area contributed by atoms with Gasteiger partial charge in [0.15, 0.2) is 5.11 Å². The zero-order chi connectivity index (χ0) is 59.3. The second-order valence-corrected chi connectivity index (χ2v) is 21.2. The van der Waals surface area contributed by atoms with Crippen LogP contribution < -0.4 is 24.6 Å². The molecule has 19 nitrogen and oxygen atoms in total. The molecule has 8 rings (SSSR count). The van der Waals surface area contributed by atoms with Crippen molar-refractivity contribution in [2.75, 3.05) is 95.6 Å². The fraction of sp³-hybridized carbons (Fsp3) is 0.450. The molecule has 2 saturated heterocycles. The highest BCUT2D eigenvalue weighted by Crippen LogP contribution is 2.40. The molecule has 3 aliphatic heterocycles. The third-order valence-electron chi connectivity index (χ3n) is 14.5. The Morgan fingerprint density at radius 3 is 2.04 bits per heavy atom. The van der Waals surface area contributed by atoms with Gasteiger partial charge in [-0.2, -0.15) is 18.4 Å². The van der Waals surface area contributed by atoms with Crippen molar-refractivity contribution in [2.45, 2.75) is 84.3 Å². The van der Waals surface area contributed by atoms with Crippen LogP contribution in [0.5, 0.6) is 11.5 Å². The van der Waals surface area contributed by atoms with E-state index in [0.717, 1.165) is 45.1 Å². The van der Waals surface area contributed by atoms with Crippen LogP contribution in [0.15, 0.2) is 91.3 Å². The fourth-order valence-electron chi connectivity index (χ4n) is 10.2. The molecule has 0 aliphatic carbocycles. The molecule has 2 N–H and O–H groups in total. The lowest BCUT2D eigenvalue weighted by molar-refractivity contribution is -0.143. The van der Waals surface area contributed by atoms with Gasteiger partial charge in [0, 0.05) is 47.7 Å². The zero-order valence-corrected chi connectivity index (χ0v) is 47.9. The minimum absolute atomic E-state index is 0.00688. The summed E-state index contributed by atoms with van der Waals surface area (Å²) >= 11 is 5.62. The van der Waals surface area contributed by atoms with E-state index in [0.29, 0.717) is 108 Å². The number of nitriles is 1. The van der Waals surface area contributed by atoms with Crippen molar-refractivity contribution in [3.8, 4) is 28.8 Å². The molecule has 4 amide bonds. The van der Waals surface area contributed by atoms with Gasteiger partial charge in [-0.1, -0.05) is 44.2 Å². The highest BCUT2D eigenvalue weighted by Gasteiger charge is 2.51. The summed E-state index contributed by atoms with van der Waals surface area (Å²) in [6.45, 7) is 13.9. The Bertz CT molecular complexity index is 3130. The summed E-state index contributed by atoms with van der Waals surface area (Å²) in [5, 5.41) is 12.3. The number of carbonyl (C=O) groups is 4. The average Bonchev–Trinajstić information content (AvgIpc) is 2.55. The van der Waals surface area contributed by atoms with Crippen LogP contribution in [0.2, 0.25) is 0 Å². The molecule has 23 heteroatoms. The maximum absolute atomic E-state index is 14.2. The number of alkyl halides is 3. The normalized spacial score (nSPS) is 16.2. The number of thiocarbonyl (C=S) groups is 1. The summed E-state index contributed by atoms with van der Waals surface area (Å²) in [5.41, 5.74) is 2.28. The molecule has 1 unspecified atom stereocenters. The van der Waals surface area contributed by atoms with Crippen LogP contribution in [0, 0.1) is 24.2 Å². The largest absolute Gasteiger partial charge is 0.491 e. The SMILES string of the molecule is Cc1[nH]cnc1-c1ccc(CNC(=O)[C@@H]2CCCN2C(=O)C(C(C)C)N2Cc3ccccc3C2=O)c(OCCOCCOCCOCCOCCOCCOc2ccc(N3C(=S)N(c4ccc(C#N)c(C(F)(F)F)c4)C(=O)C3(C)C)cc2)c1. The molecule has 1 aromatic heterocycles. The number of hydrogen-bond acceptors (Lipinski definition) is 14. The van der Waals surface area contributed by atoms with Crippen LogP contribution >= 0.6 is 12.2 Å². The number of aromatic nitrogens is 2. The van der Waals surface area contributed by atoms with Crippen LogP contribution in [0.1, 0.15) is 78.8 Å². The second kappa shape index (κ2) is 28.2. The number of aromatic amines is 1. The molecule has 0 spiro atoms. The molecular formula is C60H69F3N8O11S.